The quantitative estimate of drug-likeness (QED) is 0.874. The molecule has 0 aromatic heterocycles. The van der Waals surface area contributed by atoms with Crippen molar-refractivity contribution in [2.24, 2.45) is 0 Å². The third-order valence-corrected chi connectivity index (χ3v) is 2.60. The molecule has 0 radical (unpaired) electrons. The Morgan fingerprint density at radius 2 is 1.65 bits per heavy atom. The van der Waals surface area contributed by atoms with Crippen LogP contribution in [0.2, 0.25) is 0 Å². The number of aliphatic carboxylic acids is 1. The van der Waals surface area contributed by atoms with Gasteiger partial charge in [-0.05, 0) is 23.5 Å². The fourth-order valence-corrected chi connectivity index (χ4v) is 1.64. The molecule has 2 rings (SSSR count). The van der Waals surface area contributed by atoms with Crippen molar-refractivity contribution in [2.75, 3.05) is 0 Å². The first-order chi connectivity index (χ1) is 9.39. The highest BCUT2D eigenvalue weighted by atomic mass is 16.4. The monoisotopic (exact) mass is 229 g/mol. The summed E-state index contributed by atoms with van der Waals surface area (Å²) in [5, 5.41) is 9.09. The number of hydrogen-bond donors (Lipinski definition) is 1. The van der Waals surface area contributed by atoms with Crippen LogP contribution < -0.4 is 0 Å². The average Bonchev–Trinajstić information content (AvgIpc) is 2.38. The van der Waals surface area contributed by atoms with Gasteiger partial charge in [0.15, 0.2) is 0 Å². The minimum absolute atomic E-state index is 0.289. The Bertz CT molecular complexity index is 589. The number of carboxylic acid groups (broad SMARTS) is 1. The van der Waals surface area contributed by atoms with Crippen molar-refractivity contribution in [2.45, 2.75) is 12.8 Å². The van der Waals surface area contributed by atoms with Gasteiger partial charge in [-0.3, -0.25) is 4.79 Å². The molecule has 17 heavy (non-hydrogen) atoms. The van der Waals surface area contributed by atoms with E-state index in [4.69, 9.17) is 9.22 Å². The second-order valence-electron chi connectivity index (χ2n) is 3.76. The van der Waals surface area contributed by atoms with Crippen molar-refractivity contribution >= 4 is 5.97 Å². The fourth-order valence-electron chi connectivity index (χ4n) is 1.64. The molecule has 2 nitrogen and oxygen atoms in total. The minimum Gasteiger partial charge on any atom is -0.481 e. The van der Waals surface area contributed by atoms with E-state index in [1.807, 2.05) is 30.3 Å². The molecule has 0 saturated heterocycles. The summed E-state index contributed by atoms with van der Waals surface area (Å²) in [5.74, 6) is -2.83. The highest BCUT2D eigenvalue weighted by Gasteiger charge is 2.12. The van der Waals surface area contributed by atoms with E-state index in [2.05, 4.69) is 0 Å². The summed E-state index contributed by atoms with van der Waals surface area (Å²) in [6.45, 7) is -2.56. The first-order valence-corrected chi connectivity index (χ1v) is 5.28. The standard InChI is InChI=1S/C15H14O2/c1-11(15(16)17)12-7-9-14(10-8-12)13-5-3-2-4-6-13/h2-11H,1H3,(H,16,17)/i1D3. The molecule has 0 aliphatic carbocycles. The topological polar surface area (TPSA) is 37.3 Å². The molecule has 2 heteroatoms. The Hall–Kier alpha value is -2.09. The molecule has 1 unspecified atom stereocenters. The molecular formula is C15H14O2. The second-order valence-corrected chi connectivity index (χ2v) is 3.76. The summed E-state index contributed by atoms with van der Waals surface area (Å²) >= 11 is 0. The molecular weight excluding hydrogens is 212 g/mol. The Labute approximate surface area is 105 Å². The third-order valence-electron chi connectivity index (χ3n) is 2.60. The Kier molecular flexibility index (Phi) is 2.29. The molecule has 0 fully saturated rings. The number of rotatable bonds is 3. The van der Waals surface area contributed by atoms with Gasteiger partial charge in [-0.15, -0.1) is 0 Å². The zero-order valence-electron chi connectivity index (χ0n) is 12.1. The van der Waals surface area contributed by atoms with Gasteiger partial charge in [0.2, 0.25) is 0 Å². The molecule has 0 heterocycles. The first kappa shape index (κ1) is 8.07. The van der Waals surface area contributed by atoms with Gasteiger partial charge < -0.3 is 5.11 Å². The molecule has 1 atom stereocenters. The molecule has 0 aliphatic rings. The van der Waals surface area contributed by atoms with Gasteiger partial charge in [-0.25, -0.2) is 0 Å². The molecule has 2 aromatic rings. The van der Waals surface area contributed by atoms with Gasteiger partial charge in [-0.2, -0.15) is 0 Å². The van der Waals surface area contributed by atoms with Crippen molar-refractivity contribution in [3.05, 3.63) is 60.2 Å². The lowest BCUT2D eigenvalue weighted by atomic mass is 9.98. The minimum atomic E-state index is -2.56. The largest absolute Gasteiger partial charge is 0.481 e. The van der Waals surface area contributed by atoms with Crippen LogP contribution in [0.3, 0.4) is 0 Å². The van der Waals surface area contributed by atoms with E-state index in [0.717, 1.165) is 11.1 Å². The van der Waals surface area contributed by atoms with E-state index in [1.54, 1.807) is 24.3 Å². The summed E-state index contributed by atoms with van der Waals surface area (Å²) < 4.78 is 22.0. The Morgan fingerprint density at radius 1 is 1.06 bits per heavy atom. The predicted molar refractivity (Wildman–Crippen MR) is 67.9 cm³/mol. The number of hydrogen-bond acceptors (Lipinski definition) is 1. The van der Waals surface area contributed by atoms with Crippen LogP contribution in [0.4, 0.5) is 0 Å². The maximum absolute atomic E-state index is 11.1. The van der Waals surface area contributed by atoms with Crippen LogP contribution in [0.5, 0.6) is 0 Å². The zero-order chi connectivity index (χ0) is 14.8. The van der Waals surface area contributed by atoms with Gasteiger partial charge in [0.1, 0.15) is 0 Å². The Balaban J connectivity index is 2.35. The molecule has 1 N–H and O–H groups in total. The van der Waals surface area contributed by atoms with Crippen LogP contribution in [-0.4, -0.2) is 11.1 Å². The van der Waals surface area contributed by atoms with Crippen molar-refractivity contribution in [1.29, 1.82) is 0 Å². The molecule has 0 amide bonds. The lowest BCUT2D eigenvalue weighted by Crippen LogP contribution is -2.06. The van der Waals surface area contributed by atoms with Crippen LogP contribution in [0.25, 0.3) is 11.1 Å². The van der Waals surface area contributed by atoms with Crippen LogP contribution in [0.15, 0.2) is 54.6 Å². The average molecular weight is 229 g/mol. The maximum atomic E-state index is 11.1. The molecule has 0 aliphatic heterocycles. The third kappa shape index (κ3) is 2.53. The van der Waals surface area contributed by atoms with E-state index < -0.39 is 18.7 Å². The van der Waals surface area contributed by atoms with Crippen LogP contribution >= 0.6 is 0 Å². The Morgan fingerprint density at radius 3 is 2.18 bits per heavy atom. The van der Waals surface area contributed by atoms with Crippen molar-refractivity contribution in [3.63, 3.8) is 0 Å². The smallest absolute Gasteiger partial charge is 0.310 e. The fraction of sp³-hybridized carbons (Fsp3) is 0.133. The van der Waals surface area contributed by atoms with Crippen LogP contribution in [-0.2, 0) is 4.79 Å². The van der Waals surface area contributed by atoms with E-state index >= 15 is 0 Å². The van der Waals surface area contributed by atoms with Gasteiger partial charge in [0, 0.05) is 4.11 Å². The van der Waals surface area contributed by atoms with E-state index in [9.17, 15) is 4.79 Å². The lowest BCUT2D eigenvalue weighted by Gasteiger charge is -2.07. The normalized spacial score (nSPS) is 15.4. The summed E-state index contributed by atoms with van der Waals surface area (Å²) in [6, 6.07) is 16.2. The summed E-state index contributed by atoms with van der Waals surface area (Å²) in [6.07, 6.45) is 0. The van der Waals surface area contributed by atoms with Gasteiger partial charge in [-0.1, -0.05) is 54.6 Å². The molecule has 0 bridgehead atoms. The van der Waals surface area contributed by atoms with E-state index in [0.29, 0.717) is 0 Å². The van der Waals surface area contributed by atoms with Crippen molar-refractivity contribution in [3.8, 4) is 11.1 Å². The zero-order valence-corrected chi connectivity index (χ0v) is 9.13. The summed E-state index contributed by atoms with van der Waals surface area (Å²) in [7, 11) is 0. The maximum Gasteiger partial charge on any atom is 0.310 e. The number of benzene rings is 2. The summed E-state index contributed by atoms with van der Waals surface area (Å²) in [4.78, 5) is 11.1. The van der Waals surface area contributed by atoms with Gasteiger partial charge in [0.05, 0.1) is 5.92 Å². The predicted octanol–water partition coefficient (Wildman–Crippen LogP) is 3.54. The first-order valence-electron chi connectivity index (χ1n) is 6.78. The lowest BCUT2D eigenvalue weighted by molar-refractivity contribution is -0.138. The number of carboxylic acids is 1. The van der Waals surface area contributed by atoms with Gasteiger partial charge >= 0.3 is 5.97 Å². The van der Waals surface area contributed by atoms with Crippen LogP contribution in [0.1, 0.15) is 22.4 Å². The van der Waals surface area contributed by atoms with Crippen molar-refractivity contribution < 1.29 is 14.0 Å². The molecule has 0 saturated carbocycles. The molecule has 2 aromatic carbocycles. The molecule has 0 spiro atoms. The van der Waals surface area contributed by atoms with E-state index in [1.165, 1.54) is 0 Å². The van der Waals surface area contributed by atoms with Crippen LogP contribution in [0, 0.1) is 0 Å². The second kappa shape index (κ2) is 4.83. The highest BCUT2D eigenvalue weighted by molar-refractivity contribution is 5.76. The van der Waals surface area contributed by atoms with Crippen molar-refractivity contribution in [1.82, 2.24) is 0 Å². The van der Waals surface area contributed by atoms with Gasteiger partial charge in [0.25, 0.3) is 0 Å². The van der Waals surface area contributed by atoms with E-state index in [-0.39, 0.29) is 5.56 Å². The molecule has 86 valence electrons. The SMILES string of the molecule is [2H]C([2H])([2H])C(C(=O)O)c1ccc(-c2ccccc2)cc1. The number of carbonyl (C=O) groups is 1. The summed E-state index contributed by atoms with van der Waals surface area (Å²) in [5.41, 5.74) is 2.21. The highest BCUT2D eigenvalue weighted by Crippen LogP contribution is 2.22.